The van der Waals surface area contributed by atoms with Crippen molar-refractivity contribution in [1.82, 2.24) is 5.32 Å². The van der Waals surface area contributed by atoms with Crippen LogP contribution in [0.25, 0.3) is 0 Å². The molecule has 0 bridgehead atoms. The zero-order valence-corrected chi connectivity index (χ0v) is 12.4. The molecule has 0 heterocycles. The molecule has 8 heteroatoms. The molecule has 0 saturated carbocycles. The lowest BCUT2D eigenvalue weighted by Gasteiger charge is -2.12. The summed E-state index contributed by atoms with van der Waals surface area (Å²) >= 11 is 2.83. The predicted molar refractivity (Wildman–Crippen MR) is 73.6 cm³/mol. The molecule has 108 valence electrons. The summed E-state index contributed by atoms with van der Waals surface area (Å²) in [7, 11) is 1.69. The molecule has 0 aliphatic rings. The van der Waals surface area contributed by atoms with Crippen molar-refractivity contribution in [1.29, 1.82) is 0 Å². The number of hydrogen-bond acceptors (Lipinski definition) is 2. The Labute approximate surface area is 123 Å². The highest BCUT2D eigenvalue weighted by Gasteiger charge is 2.33. The van der Waals surface area contributed by atoms with Crippen LogP contribution >= 0.6 is 28.3 Å². The molecule has 0 spiro atoms. The molecule has 0 aliphatic carbocycles. The van der Waals surface area contributed by atoms with E-state index in [0.717, 1.165) is 6.07 Å². The number of alkyl halides is 3. The predicted octanol–water partition coefficient (Wildman–Crippen LogP) is 3.44. The monoisotopic (exact) mass is 360 g/mol. The number of rotatable bonds is 4. The molecule has 1 aromatic rings. The normalized spacial score (nSPS) is 10.8. The maximum atomic E-state index is 12.6. The molecule has 1 rings (SSSR count). The van der Waals surface area contributed by atoms with Gasteiger partial charge in [0.05, 0.1) is 5.56 Å². The Morgan fingerprint density at radius 1 is 1.37 bits per heavy atom. The minimum absolute atomic E-state index is 0. The van der Waals surface area contributed by atoms with Crippen LogP contribution in [0, 0.1) is 0 Å². The van der Waals surface area contributed by atoms with Gasteiger partial charge in [-0.25, -0.2) is 0 Å². The maximum absolute atomic E-state index is 12.6. The number of carbonyl (C=O) groups is 1. The van der Waals surface area contributed by atoms with E-state index in [1.807, 2.05) is 0 Å². The van der Waals surface area contributed by atoms with Crippen molar-refractivity contribution in [2.75, 3.05) is 18.9 Å². The molecule has 3 nitrogen and oxygen atoms in total. The number of benzene rings is 1. The number of halogens is 5. The Hall–Kier alpha value is -0.790. The highest BCUT2D eigenvalue weighted by Crippen LogP contribution is 2.36. The highest BCUT2D eigenvalue weighted by atomic mass is 79.9. The smallest absolute Gasteiger partial charge is 0.326 e. The lowest BCUT2D eigenvalue weighted by Crippen LogP contribution is -2.19. The first-order chi connectivity index (χ1) is 8.34. The van der Waals surface area contributed by atoms with Gasteiger partial charge in [0.1, 0.15) is 0 Å². The lowest BCUT2D eigenvalue weighted by molar-refractivity contribution is -0.138. The molecule has 2 N–H and O–H groups in total. The molecule has 0 radical (unpaired) electrons. The number of carbonyl (C=O) groups excluding carboxylic acids is 1. The quantitative estimate of drug-likeness (QED) is 0.862. The Kier molecular flexibility index (Phi) is 7.39. The largest absolute Gasteiger partial charge is 0.417 e. The Balaban J connectivity index is 0.00000324. The average molecular weight is 362 g/mol. The van der Waals surface area contributed by atoms with Crippen molar-refractivity contribution in [3.8, 4) is 0 Å². The van der Waals surface area contributed by atoms with E-state index in [-0.39, 0.29) is 34.9 Å². The summed E-state index contributed by atoms with van der Waals surface area (Å²) in [5, 5.41) is 5.20. The molecule has 0 atom stereocenters. The molecule has 0 saturated heterocycles. The zero-order chi connectivity index (χ0) is 13.8. The maximum Gasteiger partial charge on any atom is 0.417 e. The van der Waals surface area contributed by atoms with Crippen LogP contribution in [-0.4, -0.2) is 19.5 Å². The van der Waals surface area contributed by atoms with Crippen molar-refractivity contribution in [2.24, 2.45) is 0 Å². The summed E-state index contributed by atoms with van der Waals surface area (Å²) in [6.07, 6.45) is -4.25. The van der Waals surface area contributed by atoms with Gasteiger partial charge in [0, 0.05) is 23.1 Å². The third-order valence-electron chi connectivity index (χ3n) is 2.16. The van der Waals surface area contributed by atoms with Crippen molar-refractivity contribution >= 4 is 39.9 Å². The molecule has 1 aromatic carbocycles. The van der Waals surface area contributed by atoms with E-state index in [1.54, 1.807) is 7.05 Å². The first-order valence-electron chi connectivity index (χ1n) is 5.16. The summed E-state index contributed by atoms with van der Waals surface area (Å²) in [5.74, 6) is -0.334. The summed E-state index contributed by atoms with van der Waals surface area (Å²) in [6.45, 7) is 0.467. The molecule has 19 heavy (non-hydrogen) atoms. The third kappa shape index (κ3) is 5.80. The second-order valence-corrected chi connectivity index (χ2v) is 4.45. The fourth-order valence-electron chi connectivity index (χ4n) is 1.28. The first kappa shape index (κ1) is 18.2. The standard InChI is InChI=1S/C11H12BrF3N2O.ClH/c1-16-5-4-10(18)17-7-2-3-9(12)8(6-7)11(13,14)15;/h2-3,6,16H,4-5H2,1H3,(H,17,18);1H. The zero-order valence-electron chi connectivity index (χ0n) is 9.97. The summed E-state index contributed by atoms with van der Waals surface area (Å²) in [6, 6.07) is 3.58. The van der Waals surface area contributed by atoms with Crippen molar-refractivity contribution in [3.05, 3.63) is 28.2 Å². The van der Waals surface area contributed by atoms with Crippen LogP contribution in [0.3, 0.4) is 0 Å². The van der Waals surface area contributed by atoms with Crippen LogP contribution in [0.2, 0.25) is 0 Å². The van der Waals surface area contributed by atoms with E-state index in [1.165, 1.54) is 12.1 Å². The van der Waals surface area contributed by atoms with Gasteiger partial charge in [-0.3, -0.25) is 4.79 Å². The number of nitrogens with one attached hydrogen (secondary N) is 2. The van der Waals surface area contributed by atoms with Crippen LogP contribution in [0.1, 0.15) is 12.0 Å². The Morgan fingerprint density at radius 2 is 2.00 bits per heavy atom. The Bertz CT molecular complexity index is 440. The minimum atomic E-state index is -4.45. The van der Waals surface area contributed by atoms with Crippen LogP contribution in [0.5, 0.6) is 0 Å². The van der Waals surface area contributed by atoms with Crippen LogP contribution in [0.15, 0.2) is 22.7 Å². The van der Waals surface area contributed by atoms with Gasteiger partial charge in [0.25, 0.3) is 0 Å². The van der Waals surface area contributed by atoms with Crippen LogP contribution in [0.4, 0.5) is 18.9 Å². The van der Waals surface area contributed by atoms with Crippen LogP contribution < -0.4 is 10.6 Å². The van der Waals surface area contributed by atoms with Gasteiger partial charge in [-0.1, -0.05) is 15.9 Å². The Morgan fingerprint density at radius 3 is 2.53 bits per heavy atom. The summed E-state index contributed by atoms with van der Waals surface area (Å²) in [5.41, 5.74) is -0.680. The van der Waals surface area contributed by atoms with Gasteiger partial charge >= 0.3 is 6.18 Å². The number of anilines is 1. The molecule has 0 aliphatic heterocycles. The molecule has 0 fully saturated rings. The van der Waals surface area contributed by atoms with E-state index >= 15 is 0 Å². The van der Waals surface area contributed by atoms with Gasteiger partial charge < -0.3 is 10.6 Å². The van der Waals surface area contributed by atoms with E-state index in [0.29, 0.717) is 6.54 Å². The van der Waals surface area contributed by atoms with Crippen molar-refractivity contribution < 1.29 is 18.0 Å². The third-order valence-corrected chi connectivity index (χ3v) is 2.85. The molecule has 0 unspecified atom stereocenters. The van der Waals surface area contributed by atoms with Crippen molar-refractivity contribution in [3.63, 3.8) is 0 Å². The second kappa shape index (κ2) is 7.72. The van der Waals surface area contributed by atoms with Crippen LogP contribution in [-0.2, 0) is 11.0 Å². The van der Waals surface area contributed by atoms with Gasteiger partial charge in [-0.05, 0) is 25.2 Å². The first-order valence-corrected chi connectivity index (χ1v) is 5.95. The van der Waals surface area contributed by atoms with Crippen molar-refractivity contribution in [2.45, 2.75) is 12.6 Å². The minimum Gasteiger partial charge on any atom is -0.326 e. The van der Waals surface area contributed by atoms with Gasteiger partial charge in [0.15, 0.2) is 0 Å². The molecular formula is C11H13BrClF3N2O. The van der Waals surface area contributed by atoms with Gasteiger partial charge in [-0.15, -0.1) is 12.4 Å². The fourth-order valence-corrected chi connectivity index (χ4v) is 1.75. The molecular weight excluding hydrogens is 348 g/mol. The molecule has 0 aromatic heterocycles. The highest BCUT2D eigenvalue weighted by molar-refractivity contribution is 9.10. The summed E-state index contributed by atoms with van der Waals surface area (Å²) in [4.78, 5) is 11.4. The number of hydrogen-bond donors (Lipinski definition) is 2. The van der Waals surface area contributed by atoms with E-state index in [2.05, 4.69) is 26.6 Å². The van der Waals surface area contributed by atoms with E-state index in [4.69, 9.17) is 0 Å². The molecule has 1 amide bonds. The van der Waals surface area contributed by atoms with Gasteiger partial charge in [0.2, 0.25) is 5.91 Å². The van der Waals surface area contributed by atoms with E-state index in [9.17, 15) is 18.0 Å². The topological polar surface area (TPSA) is 41.1 Å². The van der Waals surface area contributed by atoms with Gasteiger partial charge in [-0.2, -0.15) is 13.2 Å². The average Bonchev–Trinajstić information content (AvgIpc) is 2.27. The lowest BCUT2D eigenvalue weighted by atomic mass is 10.2. The summed E-state index contributed by atoms with van der Waals surface area (Å²) < 4.78 is 37.8. The van der Waals surface area contributed by atoms with E-state index < -0.39 is 11.7 Å². The second-order valence-electron chi connectivity index (χ2n) is 3.59. The SMILES string of the molecule is CNCCC(=O)Nc1ccc(Br)c(C(F)(F)F)c1.Cl. The fraction of sp³-hybridized carbons (Fsp3) is 0.364. The number of amides is 1.